The van der Waals surface area contributed by atoms with E-state index >= 15 is 0 Å². The Hall–Kier alpha value is -2.95. The third-order valence-electron chi connectivity index (χ3n) is 6.89. The summed E-state index contributed by atoms with van der Waals surface area (Å²) in [6, 6.07) is 11.5. The van der Waals surface area contributed by atoms with Crippen LogP contribution in [0.4, 0.5) is 0 Å². The van der Waals surface area contributed by atoms with E-state index in [9.17, 15) is 23.1 Å². The molecule has 0 aliphatic carbocycles. The summed E-state index contributed by atoms with van der Waals surface area (Å²) in [6.07, 6.45) is 1.84. The topological polar surface area (TPSA) is 116 Å². The van der Waals surface area contributed by atoms with Crippen LogP contribution in [0, 0.1) is 6.92 Å². The van der Waals surface area contributed by atoms with Crippen molar-refractivity contribution in [1.82, 2.24) is 14.5 Å². The lowest BCUT2D eigenvalue weighted by Crippen LogP contribution is -2.51. The summed E-state index contributed by atoms with van der Waals surface area (Å²) < 4.78 is 33.3. The van der Waals surface area contributed by atoms with E-state index in [1.807, 2.05) is 6.92 Å². The van der Waals surface area contributed by atoms with E-state index in [1.165, 1.54) is 16.4 Å². The van der Waals surface area contributed by atoms with Gasteiger partial charge >= 0.3 is 5.97 Å². The first-order valence-corrected chi connectivity index (χ1v) is 14.7. The van der Waals surface area contributed by atoms with Gasteiger partial charge in [0.25, 0.3) is 0 Å². The molecular formula is C28H39N3O6S. The number of benzene rings is 2. The summed E-state index contributed by atoms with van der Waals surface area (Å²) in [5, 5.41) is 12.3. The molecule has 2 aromatic rings. The van der Waals surface area contributed by atoms with E-state index in [1.54, 1.807) is 36.4 Å². The average molecular weight is 546 g/mol. The zero-order chi connectivity index (χ0) is 27.7. The molecule has 2 N–H and O–H groups in total. The highest BCUT2D eigenvalue weighted by Gasteiger charge is 2.40. The van der Waals surface area contributed by atoms with Gasteiger partial charge in [-0.25, -0.2) is 13.2 Å². The monoisotopic (exact) mass is 545 g/mol. The van der Waals surface area contributed by atoms with Crippen molar-refractivity contribution >= 4 is 21.9 Å². The van der Waals surface area contributed by atoms with Crippen LogP contribution in [-0.4, -0.2) is 79.5 Å². The molecule has 0 radical (unpaired) electrons. The predicted molar refractivity (Wildman–Crippen MR) is 146 cm³/mol. The van der Waals surface area contributed by atoms with Crippen LogP contribution >= 0.6 is 0 Å². The number of rotatable bonds is 14. The summed E-state index contributed by atoms with van der Waals surface area (Å²) in [5.41, 5.74) is 1.66. The fourth-order valence-electron chi connectivity index (χ4n) is 4.58. The van der Waals surface area contributed by atoms with Crippen molar-refractivity contribution in [1.29, 1.82) is 0 Å². The van der Waals surface area contributed by atoms with Gasteiger partial charge in [-0.2, -0.15) is 4.31 Å². The molecule has 2 atom stereocenters. The van der Waals surface area contributed by atoms with Gasteiger partial charge in [0.2, 0.25) is 15.9 Å². The van der Waals surface area contributed by atoms with Gasteiger partial charge in [-0.15, -0.1) is 0 Å². The van der Waals surface area contributed by atoms with Crippen LogP contribution in [0.1, 0.15) is 44.2 Å². The number of nitrogens with zero attached hydrogens (tertiary/aromatic N) is 2. The summed E-state index contributed by atoms with van der Waals surface area (Å²) in [7, 11) is -3.88. The van der Waals surface area contributed by atoms with E-state index in [-0.39, 0.29) is 17.9 Å². The Labute approximate surface area is 225 Å². The molecule has 0 spiro atoms. The molecule has 208 valence electrons. The molecule has 0 unspecified atom stereocenters. The van der Waals surface area contributed by atoms with Crippen molar-refractivity contribution in [3.63, 3.8) is 0 Å². The SMILES string of the molecule is CCN(CC)CCCOc1ccc(C[C@H](NC(=O)[C@@H]2CCCN2S(=O)(=O)c2ccc(C)cc2)C(=O)O)cc1. The molecule has 1 saturated heterocycles. The zero-order valence-corrected chi connectivity index (χ0v) is 23.2. The second-order valence-corrected chi connectivity index (χ2v) is 11.5. The molecular weight excluding hydrogens is 506 g/mol. The normalized spacial score (nSPS) is 16.9. The van der Waals surface area contributed by atoms with Crippen molar-refractivity contribution in [2.24, 2.45) is 0 Å². The molecule has 1 heterocycles. The standard InChI is InChI=1S/C28H39N3O6S/c1-4-30(5-2)17-7-19-37-23-13-11-22(12-14-23)20-25(28(33)34)29-27(32)26-8-6-18-31(26)38(35,36)24-15-9-21(3)10-16-24/h9-16,25-26H,4-8,17-20H2,1-3H3,(H,29,32)(H,33,34)/t25-,26-/m0/s1. The first kappa shape index (κ1) is 29.6. The highest BCUT2D eigenvalue weighted by molar-refractivity contribution is 7.89. The van der Waals surface area contributed by atoms with Crippen molar-refractivity contribution < 1.29 is 27.9 Å². The second kappa shape index (κ2) is 13.7. The minimum atomic E-state index is -3.88. The molecule has 10 heteroatoms. The molecule has 0 saturated carbocycles. The molecule has 0 aromatic heterocycles. The maximum absolute atomic E-state index is 13.2. The number of hydrogen-bond donors (Lipinski definition) is 2. The van der Waals surface area contributed by atoms with E-state index in [0.717, 1.165) is 37.2 Å². The Morgan fingerprint density at radius 1 is 1.11 bits per heavy atom. The fourth-order valence-corrected chi connectivity index (χ4v) is 6.24. The van der Waals surface area contributed by atoms with Gasteiger partial charge in [-0.3, -0.25) is 4.79 Å². The largest absolute Gasteiger partial charge is 0.494 e. The lowest BCUT2D eigenvalue weighted by molar-refractivity contribution is -0.142. The third kappa shape index (κ3) is 7.78. The van der Waals surface area contributed by atoms with Gasteiger partial charge in [0, 0.05) is 19.5 Å². The number of nitrogens with one attached hydrogen (secondary N) is 1. The van der Waals surface area contributed by atoms with Crippen molar-refractivity contribution in [3.8, 4) is 5.75 Å². The van der Waals surface area contributed by atoms with Crippen LogP contribution < -0.4 is 10.1 Å². The molecule has 1 aliphatic rings. The first-order chi connectivity index (χ1) is 18.1. The van der Waals surface area contributed by atoms with Crippen LogP contribution in [-0.2, 0) is 26.0 Å². The minimum absolute atomic E-state index is 0.0702. The number of ether oxygens (including phenoxy) is 1. The van der Waals surface area contributed by atoms with Crippen LogP contribution in [0.5, 0.6) is 5.75 Å². The van der Waals surface area contributed by atoms with E-state index in [2.05, 4.69) is 24.1 Å². The number of carboxylic acids is 1. The van der Waals surface area contributed by atoms with Crippen molar-refractivity contribution in [2.75, 3.05) is 32.8 Å². The van der Waals surface area contributed by atoms with Crippen LogP contribution in [0.25, 0.3) is 0 Å². The minimum Gasteiger partial charge on any atom is -0.494 e. The smallest absolute Gasteiger partial charge is 0.326 e. The van der Waals surface area contributed by atoms with Gasteiger partial charge in [0.15, 0.2) is 0 Å². The third-order valence-corrected chi connectivity index (χ3v) is 8.82. The Kier molecular flexibility index (Phi) is 10.7. The number of hydrogen-bond acceptors (Lipinski definition) is 6. The Morgan fingerprint density at radius 2 is 1.76 bits per heavy atom. The molecule has 9 nitrogen and oxygen atoms in total. The van der Waals surface area contributed by atoms with Crippen molar-refractivity contribution in [3.05, 3.63) is 59.7 Å². The first-order valence-electron chi connectivity index (χ1n) is 13.2. The molecule has 3 rings (SSSR count). The number of carbonyl (C=O) groups excluding carboxylic acids is 1. The molecule has 38 heavy (non-hydrogen) atoms. The number of aryl methyl sites for hydroxylation is 1. The Balaban J connectivity index is 1.59. The molecule has 0 bridgehead atoms. The second-order valence-electron chi connectivity index (χ2n) is 9.56. The van der Waals surface area contributed by atoms with E-state index < -0.39 is 34.0 Å². The van der Waals surface area contributed by atoms with Crippen LogP contribution in [0.2, 0.25) is 0 Å². The lowest BCUT2D eigenvalue weighted by Gasteiger charge is -2.25. The molecule has 1 aliphatic heterocycles. The number of sulfonamides is 1. The summed E-state index contributed by atoms with van der Waals surface area (Å²) in [5.74, 6) is -1.08. The highest BCUT2D eigenvalue weighted by Crippen LogP contribution is 2.26. The quantitative estimate of drug-likeness (QED) is 0.351. The van der Waals surface area contributed by atoms with Gasteiger partial charge < -0.3 is 20.1 Å². The Bertz CT molecular complexity index is 1160. The average Bonchev–Trinajstić information content (AvgIpc) is 3.41. The zero-order valence-electron chi connectivity index (χ0n) is 22.4. The molecule has 1 amide bonds. The van der Waals surface area contributed by atoms with Gasteiger partial charge in [-0.05, 0) is 69.1 Å². The van der Waals surface area contributed by atoms with Crippen LogP contribution in [0.15, 0.2) is 53.4 Å². The number of carboxylic acid groups (broad SMARTS) is 1. The Morgan fingerprint density at radius 3 is 2.37 bits per heavy atom. The van der Waals surface area contributed by atoms with E-state index in [0.29, 0.717) is 25.2 Å². The fraction of sp³-hybridized carbons (Fsp3) is 0.500. The maximum Gasteiger partial charge on any atom is 0.326 e. The highest BCUT2D eigenvalue weighted by atomic mass is 32.2. The summed E-state index contributed by atoms with van der Waals surface area (Å²) in [6.45, 7) is 9.91. The van der Waals surface area contributed by atoms with E-state index in [4.69, 9.17) is 4.74 Å². The number of amides is 1. The molecule has 2 aromatic carbocycles. The van der Waals surface area contributed by atoms with Gasteiger partial charge in [0.05, 0.1) is 11.5 Å². The summed E-state index contributed by atoms with van der Waals surface area (Å²) in [4.78, 5) is 27.5. The van der Waals surface area contributed by atoms with Crippen molar-refractivity contribution in [2.45, 2.75) is 63.4 Å². The van der Waals surface area contributed by atoms with Gasteiger partial charge in [-0.1, -0.05) is 43.7 Å². The van der Waals surface area contributed by atoms with Crippen LogP contribution in [0.3, 0.4) is 0 Å². The lowest BCUT2D eigenvalue weighted by atomic mass is 10.1. The predicted octanol–water partition coefficient (Wildman–Crippen LogP) is 3.07. The number of carbonyl (C=O) groups is 2. The van der Waals surface area contributed by atoms with Gasteiger partial charge in [0.1, 0.15) is 17.8 Å². The molecule has 1 fully saturated rings. The summed E-state index contributed by atoms with van der Waals surface area (Å²) >= 11 is 0. The maximum atomic E-state index is 13.2. The number of aliphatic carboxylic acids is 1.